The summed E-state index contributed by atoms with van der Waals surface area (Å²) in [5.74, 6) is 6.13. The minimum Gasteiger partial charge on any atom is -0.759 e. The van der Waals surface area contributed by atoms with Crippen molar-refractivity contribution in [3.63, 3.8) is 0 Å². The average Bonchev–Trinajstić information content (AvgIpc) is 3.21. The standard InChI is InChI=1S/C24H25N3O5S/c1-18(15-24(28)29)27(33(30)31)26-12-10-25(11-13-26)22-8-6-19(7-9-22)4-5-20-16-21-3-2-14-32-23(21)17-20/h2-3,6-9,14,16-18H,10-13,15H2,1H3,(H,28,29)(H,30,31)/p-1. The summed E-state index contributed by atoms with van der Waals surface area (Å²) in [5.41, 5.74) is 3.85. The van der Waals surface area contributed by atoms with Gasteiger partial charge in [0.05, 0.1) is 12.7 Å². The number of hydrogen-bond acceptors (Lipinski definition) is 6. The van der Waals surface area contributed by atoms with Crippen LogP contribution in [0, 0.1) is 11.8 Å². The second-order valence-electron chi connectivity index (χ2n) is 7.88. The number of rotatable bonds is 6. The van der Waals surface area contributed by atoms with Gasteiger partial charge in [0.25, 0.3) is 0 Å². The molecule has 172 valence electrons. The zero-order chi connectivity index (χ0) is 23.4. The summed E-state index contributed by atoms with van der Waals surface area (Å²) in [6.07, 6.45) is 1.40. The molecule has 4 rings (SSSR count). The molecular formula is C24H24N3O5S-. The van der Waals surface area contributed by atoms with Crippen LogP contribution in [0.3, 0.4) is 0 Å². The van der Waals surface area contributed by atoms with Crippen LogP contribution in [-0.4, -0.2) is 61.5 Å². The van der Waals surface area contributed by atoms with Crippen molar-refractivity contribution in [1.29, 1.82) is 0 Å². The average molecular weight is 467 g/mol. The van der Waals surface area contributed by atoms with Gasteiger partial charge < -0.3 is 19.0 Å². The number of hydrazine groups is 1. The molecule has 2 heterocycles. The smallest absolute Gasteiger partial charge is 0.305 e. The summed E-state index contributed by atoms with van der Waals surface area (Å²) >= 11 is -2.52. The van der Waals surface area contributed by atoms with E-state index in [9.17, 15) is 13.6 Å². The van der Waals surface area contributed by atoms with Crippen LogP contribution in [0.15, 0.2) is 59.2 Å². The lowest BCUT2D eigenvalue weighted by molar-refractivity contribution is -0.139. The number of carboxylic acid groups (broad SMARTS) is 1. The number of piperazine rings is 1. The van der Waals surface area contributed by atoms with Gasteiger partial charge in [0.15, 0.2) is 0 Å². The predicted octanol–water partition coefficient (Wildman–Crippen LogP) is 2.78. The number of hydrogen-bond donors (Lipinski definition) is 1. The third kappa shape index (κ3) is 5.61. The third-order valence-electron chi connectivity index (χ3n) is 5.55. The third-order valence-corrected chi connectivity index (χ3v) is 6.45. The zero-order valence-electron chi connectivity index (χ0n) is 18.1. The maximum atomic E-state index is 11.7. The van der Waals surface area contributed by atoms with Crippen LogP contribution in [0.4, 0.5) is 5.69 Å². The first kappa shape index (κ1) is 23.0. The first-order valence-electron chi connectivity index (χ1n) is 10.6. The normalized spacial score (nSPS) is 16.4. The molecule has 1 N–H and O–H groups in total. The number of nitrogens with zero attached hydrogens (tertiary/aromatic N) is 3. The van der Waals surface area contributed by atoms with Crippen molar-refractivity contribution in [3.05, 3.63) is 65.9 Å². The lowest BCUT2D eigenvalue weighted by Crippen LogP contribution is -2.57. The van der Waals surface area contributed by atoms with Crippen molar-refractivity contribution in [1.82, 2.24) is 9.42 Å². The summed E-state index contributed by atoms with van der Waals surface area (Å²) < 4.78 is 30.0. The number of carboxylic acids is 1. The minimum absolute atomic E-state index is 0.244. The fourth-order valence-corrected chi connectivity index (χ4v) is 4.69. The van der Waals surface area contributed by atoms with Crippen LogP contribution < -0.4 is 4.90 Å². The Labute approximate surface area is 195 Å². The van der Waals surface area contributed by atoms with Crippen LogP contribution >= 0.6 is 0 Å². The zero-order valence-corrected chi connectivity index (χ0v) is 19.0. The number of carbonyl (C=O) groups is 1. The molecule has 0 amide bonds. The molecule has 0 radical (unpaired) electrons. The molecule has 1 aromatic carbocycles. The number of aliphatic carboxylic acids is 1. The van der Waals surface area contributed by atoms with Crippen LogP contribution in [0.5, 0.6) is 0 Å². The van der Waals surface area contributed by atoms with Crippen molar-refractivity contribution in [3.8, 4) is 23.2 Å². The Morgan fingerprint density at radius 2 is 1.85 bits per heavy atom. The lowest BCUT2D eigenvalue weighted by Gasteiger charge is -2.44. The largest absolute Gasteiger partial charge is 0.759 e. The summed E-state index contributed by atoms with van der Waals surface area (Å²) in [5, 5.41) is 10.7. The van der Waals surface area contributed by atoms with E-state index < -0.39 is 23.3 Å². The highest BCUT2D eigenvalue weighted by molar-refractivity contribution is 7.76. The molecule has 8 nitrogen and oxygen atoms in total. The van der Waals surface area contributed by atoms with Gasteiger partial charge in [0, 0.05) is 65.9 Å². The Morgan fingerprint density at radius 1 is 1.15 bits per heavy atom. The van der Waals surface area contributed by atoms with Gasteiger partial charge in [-0.2, -0.15) is 4.41 Å². The monoisotopic (exact) mass is 466 g/mol. The van der Waals surface area contributed by atoms with E-state index in [4.69, 9.17) is 9.52 Å². The van der Waals surface area contributed by atoms with Gasteiger partial charge in [-0.3, -0.25) is 9.00 Å². The van der Waals surface area contributed by atoms with Crippen LogP contribution in [-0.2, 0) is 16.1 Å². The lowest BCUT2D eigenvalue weighted by atomic mass is 10.1. The van der Waals surface area contributed by atoms with E-state index in [-0.39, 0.29) is 6.42 Å². The molecule has 0 aromatic heterocycles. The van der Waals surface area contributed by atoms with Crippen LogP contribution in [0.2, 0.25) is 0 Å². The van der Waals surface area contributed by atoms with E-state index in [0.717, 1.165) is 32.6 Å². The van der Waals surface area contributed by atoms with Gasteiger partial charge in [0.2, 0.25) is 0 Å². The summed E-state index contributed by atoms with van der Waals surface area (Å²) in [6.45, 7) is 3.82. The molecule has 2 atom stereocenters. The first-order valence-corrected chi connectivity index (χ1v) is 11.6. The van der Waals surface area contributed by atoms with Gasteiger partial charge in [-0.15, -0.1) is 0 Å². The second kappa shape index (κ2) is 10.2. The Kier molecular flexibility index (Phi) is 7.11. The fourth-order valence-electron chi connectivity index (χ4n) is 3.97. The van der Waals surface area contributed by atoms with E-state index in [0.29, 0.717) is 26.2 Å². The van der Waals surface area contributed by atoms with Gasteiger partial charge in [0.1, 0.15) is 5.76 Å². The van der Waals surface area contributed by atoms with Crippen LogP contribution in [0.1, 0.15) is 24.5 Å². The Balaban J connectivity index is 1.37. The minimum atomic E-state index is -2.52. The van der Waals surface area contributed by atoms with Crippen molar-refractivity contribution < 1.29 is 23.1 Å². The van der Waals surface area contributed by atoms with E-state index in [1.165, 1.54) is 0 Å². The molecule has 1 fully saturated rings. The number of fused-ring (bicyclic) bond motifs is 1. The summed E-state index contributed by atoms with van der Waals surface area (Å²) in [6, 6.07) is 15.1. The molecule has 33 heavy (non-hydrogen) atoms. The van der Waals surface area contributed by atoms with Crippen molar-refractivity contribution in [2.75, 3.05) is 31.1 Å². The quantitative estimate of drug-likeness (QED) is 0.440. The van der Waals surface area contributed by atoms with Crippen molar-refractivity contribution >= 4 is 22.9 Å². The number of benzene rings is 1. The SMILES string of the molecule is CC(CC(=O)O)N(N1CCN(c2ccc(C#Cc3cc4cccoc-4c3)cc2)CC1)S(=O)[O-]. The summed E-state index contributed by atoms with van der Waals surface area (Å²) in [4.78, 5) is 13.2. The predicted molar refractivity (Wildman–Crippen MR) is 124 cm³/mol. The molecule has 2 unspecified atom stereocenters. The van der Waals surface area contributed by atoms with Crippen molar-refractivity contribution in [2.24, 2.45) is 0 Å². The van der Waals surface area contributed by atoms with Gasteiger partial charge in [-0.25, -0.2) is 5.01 Å². The topological polar surface area (TPSA) is 100 Å². The van der Waals surface area contributed by atoms with E-state index in [1.807, 2.05) is 48.5 Å². The first-order chi connectivity index (χ1) is 15.9. The highest BCUT2D eigenvalue weighted by Gasteiger charge is 2.27. The Hall–Kier alpha value is -3.16. The van der Waals surface area contributed by atoms with E-state index in [1.54, 1.807) is 18.2 Å². The van der Waals surface area contributed by atoms with Crippen molar-refractivity contribution in [2.45, 2.75) is 19.4 Å². The van der Waals surface area contributed by atoms with Gasteiger partial charge >= 0.3 is 5.97 Å². The Bertz CT molecular complexity index is 1130. The van der Waals surface area contributed by atoms with E-state index >= 15 is 0 Å². The van der Waals surface area contributed by atoms with Crippen LogP contribution in [0.25, 0.3) is 11.3 Å². The van der Waals surface area contributed by atoms with E-state index in [2.05, 4.69) is 16.7 Å². The molecule has 0 saturated carbocycles. The molecule has 0 spiro atoms. The maximum absolute atomic E-state index is 11.7. The highest BCUT2D eigenvalue weighted by Crippen LogP contribution is 2.25. The molecular weight excluding hydrogens is 442 g/mol. The maximum Gasteiger partial charge on any atom is 0.305 e. The molecule has 9 heteroatoms. The molecule has 0 bridgehead atoms. The second-order valence-corrected chi connectivity index (χ2v) is 8.69. The number of anilines is 1. The molecule has 1 aliphatic carbocycles. The molecule has 3 aliphatic rings. The molecule has 1 saturated heterocycles. The summed E-state index contributed by atoms with van der Waals surface area (Å²) in [7, 11) is 0. The van der Waals surface area contributed by atoms with Gasteiger partial charge in [-0.1, -0.05) is 11.8 Å². The molecule has 1 aromatic rings. The fraction of sp³-hybridized carbons (Fsp3) is 0.292. The Morgan fingerprint density at radius 3 is 2.48 bits per heavy atom. The highest BCUT2D eigenvalue weighted by atomic mass is 32.2. The van der Waals surface area contributed by atoms with Gasteiger partial charge in [-0.05, 0) is 55.5 Å². The molecule has 2 aliphatic heterocycles.